The zero-order chi connectivity index (χ0) is 19.2. The van der Waals surface area contributed by atoms with Gasteiger partial charge >= 0.3 is 0 Å². The second-order valence-corrected chi connectivity index (χ2v) is 7.20. The fraction of sp³-hybridized carbons (Fsp3) is 0.167. The van der Waals surface area contributed by atoms with E-state index in [2.05, 4.69) is 15.5 Å². The van der Waals surface area contributed by atoms with Crippen molar-refractivity contribution in [3.8, 4) is 11.5 Å². The normalized spacial score (nSPS) is 15.4. The maximum absolute atomic E-state index is 11.2. The van der Waals surface area contributed by atoms with E-state index < -0.39 is 0 Å². The average Bonchev–Trinajstić information content (AvgIpc) is 3.06. The fourth-order valence-corrected chi connectivity index (χ4v) is 3.35. The van der Waals surface area contributed by atoms with Gasteiger partial charge in [-0.1, -0.05) is 47.1 Å². The molecule has 1 heterocycles. The van der Waals surface area contributed by atoms with Crippen molar-refractivity contribution in [2.45, 2.75) is 6.61 Å². The van der Waals surface area contributed by atoms with Crippen molar-refractivity contribution in [3.63, 3.8) is 0 Å². The van der Waals surface area contributed by atoms with Crippen LogP contribution in [0.15, 0.2) is 46.6 Å². The third-order valence-corrected chi connectivity index (χ3v) is 5.00. The lowest BCUT2D eigenvalue weighted by atomic mass is 10.2. The molecule has 1 aliphatic rings. The van der Waals surface area contributed by atoms with Gasteiger partial charge in [0.05, 0.1) is 19.1 Å². The number of rotatable bonds is 6. The molecule has 0 aliphatic carbocycles. The van der Waals surface area contributed by atoms with E-state index in [1.807, 2.05) is 12.1 Å². The molecule has 1 saturated heterocycles. The lowest BCUT2D eigenvalue weighted by Gasteiger charge is -2.13. The Bertz CT molecular complexity index is 919. The molecule has 0 aromatic heterocycles. The van der Waals surface area contributed by atoms with E-state index in [0.717, 1.165) is 5.56 Å². The van der Waals surface area contributed by atoms with Crippen LogP contribution in [0.5, 0.6) is 11.5 Å². The van der Waals surface area contributed by atoms with Crippen LogP contribution in [0.1, 0.15) is 11.1 Å². The predicted octanol–water partition coefficient (Wildman–Crippen LogP) is 4.13. The quantitative estimate of drug-likeness (QED) is 0.559. The van der Waals surface area contributed by atoms with Crippen LogP contribution < -0.4 is 14.8 Å². The number of nitrogens with zero attached hydrogens (tertiary/aromatic N) is 2. The molecule has 2 aromatic rings. The van der Waals surface area contributed by atoms with E-state index in [-0.39, 0.29) is 12.5 Å². The molecule has 0 bridgehead atoms. The van der Waals surface area contributed by atoms with Gasteiger partial charge in [0.2, 0.25) is 5.91 Å². The molecule has 1 fully saturated rings. The minimum atomic E-state index is -0.0841. The summed E-state index contributed by atoms with van der Waals surface area (Å²) in [6.07, 6.45) is 1.54. The first-order valence-corrected chi connectivity index (χ1v) is 9.58. The van der Waals surface area contributed by atoms with Crippen LogP contribution in [-0.4, -0.2) is 30.2 Å². The summed E-state index contributed by atoms with van der Waals surface area (Å²) in [5.74, 6) is 1.33. The van der Waals surface area contributed by atoms with Crippen LogP contribution in [0, 0.1) is 0 Å². The first-order chi connectivity index (χ1) is 13.1. The van der Waals surface area contributed by atoms with Gasteiger partial charge in [-0.2, -0.15) is 5.10 Å². The number of methoxy groups -OCH3 is 1. The Kier molecular flexibility index (Phi) is 6.60. The molecule has 3 rings (SSSR count). The predicted molar refractivity (Wildman–Crippen MR) is 109 cm³/mol. The van der Waals surface area contributed by atoms with Gasteiger partial charge in [-0.3, -0.25) is 4.79 Å². The number of benzene rings is 2. The van der Waals surface area contributed by atoms with Gasteiger partial charge in [0.25, 0.3) is 0 Å². The molecule has 6 nitrogen and oxygen atoms in total. The topological polar surface area (TPSA) is 72.3 Å². The molecular formula is C18H15Cl2N3O3S. The van der Waals surface area contributed by atoms with Gasteiger partial charge in [-0.25, -0.2) is 0 Å². The lowest BCUT2D eigenvalue weighted by molar-refractivity contribution is -0.116. The Morgan fingerprint density at radius 1 is 1.30 bits per heavy atom. The van der Waals surface area contributed by atoms with Crippen LogP contribution in [-0.2, 0) is 11.4 Å². The first-order valence-electron chi connectivity index (χ1n) is 7.84. The molecule has 1 amide bonds. The maximum Gasteiger partial charge on any atom is 0.236 e. The van der Waals surface area contributed by atoms with Crippen molar-refractivity contribution >= 4 is 52.3 Å². The fourth-order valence-electron chi connectivity index (χ4n) is 2.26. The smallest absolute Gasteiger partial charge is 0.236 e. The Morgan fingerprint density at radius 3 is 2.85 bits per heavy atom. The summed E-state index contributed by atoms with van der Waals surface area (Å²) in [6, 6.07) is 10.7. The summed E-state index contributed by atoms with van der Waals surface area (Å²) >= 11 is 13.4. The molecule has 1 N–H and O–H groups in total. The van der Waals surface area contributed by atoms with Crippen LogP contribution in [0.2, 0.25) is 10.0 Å². The average molecular weight is 424 g/mol. The number of thioether (sulfide) groups is 1. The van der Waals surface area contributed by atoms with E-state index in [9.17, 15) is 4.79 Å². The molecule has 1 aliphatic heterocycles. The Morgan fingerprint density at radius 2 is 2.15 bits per heavy atom. The van der Waals surface area contributed by atoms with Crippen molar-refractivity contribution in [2.24, 2.45) is 10.2 Å². The molecule has 9 heteroatoms. The molecule has 0 spiro atoms. The summed E-state index contributed by atoms with van der Waals surface area (Å²) in [5, 5.41) is 12.2. The van der Waals surface area contributed by atoms with Crippen molar-refractivity contribution in [1.29, 1.82) is 0 Å². The van der Waals surface area contributed by atoms with E-state index in [4.69, 9.17) is 32.7 Å². The monoisotopic (exact) mass is 423 g/mol. The van der Waals surface area contributed by atoms with Crippen molar-refractivity contribution in [1.82, 2.24) is 5.32 Å². The largest absolute Gasteiger partial charge is 0.493 e. The highest BCUT2D eigenvalue weighted by Gasteiger charge is 2.16. The number of para-hydroxylation sites is 1. The third-order valence-electron chi connectivity index (χ3n) is 3.55. The Hall–Kier alpha value is -2.22. The minimum Gasteiger partial charge on any atom is -0.493 e. The van der Waals surface area contributed by atoms with Crippen molar-refractivity contribution < 1.29 is 14.3 Å². The van der Waals surface area contributed by atoms with Gasteiger partial charge in [0, 0.05) is 21.2 Å². The number of amides is 1. The van der Waals surface area contributed by atoms with Crippen LogP contribution in [0.3, 0.4) is 0 Å². The van der Waals surface area contributed by atoms with E-state index >= 15 is 0 Å². The second kappa shape index (κ2) is 9.12. The number of nitrogens with one attached hydrogen (secondary N) is 1. The number of carbonyl (C=O) groups is 1. The highest BCUT2D eigenvalue weighted by molar-refractivity contribution is 8.15. The summed E-state index contributed by atoms with van der Waals surface area (Å²) in [6.45, 7) is 0.234. The van der Waals surface area contributed by atoms with Crippen LogP contribution in [0.4, 0.5) is 0 Å². The second-order valence-electron chi connectivity index (χ2n) is 5.39. The van der Waals surface area contributed by atoms with Crippen molar-refractivity contribution in [3.05, 3.63) is 57.6 Å². The molecular weight excluding hydrogens is 409 g/mol. The Labute approximate surface area is 170 Å². The van der Waals surface area contributed by atoms with Crippen LogP contribution in [0.25, 0.3) is 0 Å². The van der Waals surface area contributed by atoms with Crippen LogP contribution >= 0.6 is 35.0 Å². The number of carbonyl (C=O) groups excluding carboxylic acids is 1. The molecule has 27 heavy (non-hydrogen) atoms. The van der Waals surface area contributed by atoms with E-state index in [0.29, 0.717) is 38.0 Å². The third kappa shape index (κ3) is 5.15. The van der Waals surface area contributed by atoms with E-state index in [1.54, 1.807) is 37.6 Å². The van der Waals surface area contributed by atoms with Gasteiger partial charge in [0.15, 0.2) is 16.7 Å². The summed E-state index contributed by atoms with van der Waals surface area (Å²) in [5.41, 5.74) is 1.47. The van der Waals surface area contributed by atoms with Gasteiger partial charge in [-0.05, 0) is 24.3 Å². The maximum atomic E-state index is 11.2. The summed E-state index contributed by atoms with van der Waals surface area (Å²) in [7, 11) is 1.56. The van der Waals surface area contributed by atoms with Gasteiger partial charge in [0.1, 0.15) is 6.61 Å². The first kappa shape index (κ1) is 19.5. The molecule has 2 aromatic carbocycles. The van der Waals surface area contributed by atoms with Gasteiger partial charge < -0.3 is 14.8 Å². The minimum absolute atomic E-state index is 0.0841. The molecule has 0 radical (unpaired) electrons. The molecule has 140 valence electrons. The highest BCUT2D eigenvalue weighted by Crippen LogP contribution is 2.32. The number of ether oxygens (including phenoxy) is 2. The lowest BCUT2D eigenvalue weighted by Crippen LogP contribution is -2.19. The standard InChI is InChI=1S/C18H15Cl2N3O3S/c1-25-15-4-2-3-11(8-21-23-18-22-16(24)10-27-18)17(15)26-9-12-5-6-13(19)7-14(12)20/h2-8H,9-10H2,1H3,(H,22,23,24)/b21-8-. The summed E-state index contributed by atoms with van der Waals surface area (Å²) < 4.78 is 11.3. The number of hydrogen-bond donors (Lipinski definition) is 1. The van der Waals surface area contributed by atoms with E-state index in [1.165, 1.54) is 11.8 Å². The van der Waals surface area contributed by atoms with Gasteiger partial charge in [-0.15, -0.1) is 5.10 Å². The number of hydrogen-bond acceptors (Lipinski definition) is 6. The summed E-state index contributed by atoms with van der Waals surface area (Å²) in [4.78, 5) is 11.2. The molecule has 0 atom stereocenters. The molecule has 0 unspecified atom stereocenters. The SMILES string of the molecule is COc1cccc(/C=N\N=C2NC(=O)CS2)c1OCc1ccc(Cl)cc1Cl. The molecule has 0 saturated carbocycles. The number of halogens is 2. The zero-order valence-corrected chi connectivity index (χ0v) is 16.6. The number of amidine groups is 1. The Balaban J connectivity index is 1.79. The van der Waals surface area contributed by atoms with Crippen molar-refractivity contribution in [2.75, 3.05) is 12.9 Å². The zero-order valence-electron chi connectivity index (χ0n) is 14.2. The highest BCUT2D eigenvalue weighted by atomic mass is 35.5.